The first-order chi connectivity index (χ1) is 17.1. The third-order valence-corrected chi connectivity index (χ3v) is 6.86. The van der Waals surface area contributed by atoms with Crippen molar-refractivity contribution < 1.29 is 9.53 Å². The van der Waals surface area contributed by atoms with E-state index in [1.54, 1.807) is 13.2 Å². The van der Waals surface area contributed by atoms with Crippen molar-refractivity contribution in [2.75, 3.05) is 12.9 Å². The fourth-order valence-corrected chi connectivity index (χ4v) is 4.76. The number of aromatic amines is 1. The number of hydrogen-bond acceptors (Lipinski definition) is 5. The lowest BCUT2D eigenvalue weighted by molar-refractivity contribution is -0.118. The van der Waals surface area contributed by atoms with Crippen molar-refractivity contribution in [3.05, 3.63) is 89.6 Å². The lowest BCUT2D eigenvalue weighted by atomic mass is 10.1. The van der Waals surface area contributed by atoms with Gasteiger partial charge in [0.1, 0.15) is 5.75 Å². The first-order valence-corrected chi connectivity index (χ1v) is 12.3. The van der Waals surface area contributed by atoms with Gasteiger partial charge in [0.2, 0.25) is 5.91 Å². The molecule has 7 nitrogen and oxygen atoms in total. The Labute approximate surface area is 211 Å². The van der Waals surface area contributed by atoms with E-state index in [4.69, 9.17) is 16.3 Å². The number of hydrogen-bond donors (Lipinski definition) is 2. The number of H-pyrrole nitrogens is 1. The molecule has 0 unspecified atom stereocenters. The zero-order chi connectivity index (χ0) is 24.2. The minimum Gasteiger partial charge on any atom is -0.497 e. The van der Waals surface area contributed by atoms with Crippen molar-refractivity contribution in [3.63, 3.8) is 0 Å². The van der Waals surface area contributed by atoms with Crippen LogP contribution < -0.4 is 10.1 Å². The molecule has 0 aliphatic heterocycles. The number of fused-ring (bicyclic) bond motifs is 1. The Morgan fingerprint density at radius 1 is 1.06 bits per heavy atom. The van der Waals surface area contributed by atoms with Gasteiger partial charge in [-0.3, -0.25) is 9.36 Å². The number of rotatable bonds is 8. The number of halogens is 1. The molecule has 0 saturated heterocycles. The highest BCUT2D eigenvalue weighted by Gasteiger charge is 2.20. The van der Waals surface area contributed by atoms with Gasteiger partial charge >= 0.3 is 0 Å². The number of nitrogens with one attached hydrogen (secondary N) is 2. The highest BCUT2D eigenvalue weighted by Crippen LogP contribution is 2.32. The summed E-state index contributed by atoms with van der Waals surface area (Å²) in [6, 6.07) is 23.2. The molecule has 0 aliphatic carbocycles. The monoisotopic (exact) mass is 503 g/mol. The molecule has 3 aromatic carbocycles. The van der Waals surface area contributed by atoms with Gasteiger partial charge in [-0.15, -0.1) is 10.2 Å². The summed E-state index contributed by atoms with van der Waals surface area (Å²) in [6.07, 6.45) is 1.93. The number of aromatic nitrogens is 4. The average molecular weight is 504 g/mol. The molecule has 176 valence electrons. The maximum absolute atomic E-state index is 12.6. The molecule has 0 aliphatic rings. The second-order valence-electron chi connectivity index (χ2n) is 7.74. The minimum absolute atomic E-state index is 0.118. The predicted molar refractivity (Wildman–Crippen MR) is 139 cm³/mol. The van der Waals surface area contributed by atoms with Gasteiger partial charge in [0.25, 0.3) is 0 Å². The first-order valence-electron chi connectivity index (χ1n) is 10.9. The van der Waals surface area contributed by atoms with Crippen LogP contribution in [0.1, 0.15) is 5.56 Å². The quantitative estimate of drug-likeness (QED) is 0.274. The molecule has 9 heteroatoms. The molecule has 2 N–H and O–H groups in total. The summed E-state index contributed by atoms with van der Waals surface area (Å²) < 4.78 is 7.27. The van der Waals surface area contributed by atoms with Crippen LogP contribution in [0.4, 0.5) is 0 Å². The Hall–Kier alpha value is -3.75. The number of carbonyl (C=O) groups excluding carboxylic acids is 1. The summed E-state index contributed by atoms with van der Waals surface area (Å²) >= 11 is 7.52. The number of nitrogens with zero attached hydrogens (tertiary/aromatic N) is 3. The predicted octanol–water partition coefficient (Wildman–Crippen LogP) is 5.49. The van der Waals surface area contributed by atoms with Crippen molar-refractivity contribution in [2.45, 2.75) is 11.7 Å². The highest BCUT2D eigenvalue weighted by molar-refractivity contribution is 7.99. The molecule has 2 heterocycles. The Bertz CT molecular complexity index is 1480. The van der Waals surface area contributed by atoms with Crippen LogP contribution in [0.5, 0.6) is 5.75 Å². The van der Waals surface area contributed by atoms with Gasteiger partial charge < -0.3 is 15.0 Å². The molecule has 5 aromatic rings. The van der Waals surface area contributed by atoms with E-state index in [1.165, 1.54) is 11.8 Å². The summed E-state index contributed by atoms with van der Waals surface area (Å²) in [7, 11) is 1.63. The fraction of sp³-hybridized carbons (Fsp3) is 0.115. The number of benzene rings is 3. The van der Waals surface area contributed by atoms with E-state index in [-0.39, 0.29) is 11.7 Å². The molecule has 1 amide bonds. The second-order valence-corrected chi connectivity index (χ2v) is 9.09. The lowest BCUT2D eigenvalue weighted by Gasteiger charge is -2.11. The molecule has 5 rings (SSSR count). The van der Waals surface area contributed by atoms with E-state index in [9.17, 15) is 4.79 Å². The van der Waals surface area contributed by atoms with Gasteiger partial charge in [0, 0.05) is 39.9 Å². The van der Waals surface area contributed by atoms with E-state index in [0.717, 1.165) is 33.5 Å². The standard InChI is InChI=1S/C26H22ClN5O2S/c1-34-19-12-10-18(11-13-19)32-25(21-15-28-23-9-5-3-7-20(21)23)30-31-26(32)35-16-24(33)29-14-17-6-2-4-8-22(17)27/h2-13,15,28H,14,16H2,1H3,(H,29,33). The van der Waals surface area contributed by atoms with Gasteiger partial charge in [-0.2, -0.15) is 0 Å². The van der Waals surface area contributed by atoms with Crippen LogP contribution in [0.3, 0.4) is 0 Å². The Morgan fingerprint density at radius 2 is 1.83 bits per heavy atom. The maximum atomic E-state index is 12.6. The average Bonchev–Trinajstić information content (AvgIpc) is 3.51. The van der Waals surface area contributed by atoms with Crippen molar-refractivity contribution in [1.29, 1.82) is 0 Å². The van der Waals surface area contributed by atoms with Crippen LogP contribution in [0.15, 0.2) is 84.1 Å². The van der Waals surface area contributed by atoms with Crippen molar-refractivity contribution >= 4 is 40.2 Å². The molecular formula is C26H22ClN5O2S. The van der Waals surface area contributed by atoms with Crippen LogP contribution in [0, 0.1) is 0 Å². The lowest BCUT2D eigenvalue weighted by Crippen LogP contribution is -2.24. The van der Waals surface area contributed by atoms with Crippen LogP contribution in [0.25, 0.3) is 28.0 Å². The zero-order valence-corrected chi connectivity index (χ0v) is 20.4. The molecule has 0 saturated carbocycles. The Balaban J connectivity index is 1.42. The SMILES string of the molecule is COc1ccc(-n2c(SCC(=O)NCc3ccccc3Cl)nnc2-c2c[nH]c3ccccc23)cc1. The fourth-order valence-electron chi connectivity index (χ4n) is 3.78. The van der Waals surface area contributed by atoms with Gasteiger partial charge in [-0.1, -0.05) is 59.8 Å². The molecule has 35 heavy (non-hydrogen) atoms. The van der Waals surface area contributed by atoms with Gasteiger partial charge in [0.15, 0.2) is 11.0 Å². The molecule has 2 aromatic heterocycles. The summed E-state index contributed by atoms with van der Waals surface area (Å²) in [6.45, 7) is 0.366. The minimum atomic E-state index is -0.118. The second kappa shape index (κ2) is 10.2. The Kier molecular flexibility index (Phi) is 6.74. The number of methoxy groups -OCH3 is 1. The van der Waals surface area contributed by atoms with Crippen LogP contribution >= 0.6 is 23.4 Å². The number of amides is 1. The maximum Gasteiger partial charge on any atom is 0.230 e. The van der Waals surface area contributed by atoms with E-state index >= 15 is 0 Å². The van der Waals surface area contributed by atoms with E-state index in [0.29, 0.717) is 22.5 Å². The largest absolute Gasteiger partial charge is 0.497 e. The van der Waals surface area contributed by atoms with Gasteiger partial charge in [0.05, 0.1) is 12.9 Å². The summed E-state index contributed by atoms with van der Waals surface area (Å²) in [5.74, 6) is 1.51. The van der Waals surface area contributed by atoms with Gasteiger partial charge in [-0.25, -0.2) is 0 Å². The smallest absolute Gasteiger partial charge is 0.230 e. The van der Waals surface area contributed by atoms with Crippen LogP contribution in [-0.4, -0.2) is 38.5 Å². The van der Waals surface area contributed by atoms with E-state index in [1.807, 2.05) is 77.5 Å². The van der Waals surface area contributed by atoms with E-state index in [2.05, 4.69) is 20.5 Å². The first kappa shape index (κ1) is 23.0. The summed E-state index contributed by atoms with van der Waals surface area (Å²) in [5.41, 5.74) is 3.68. The van der Waals surface area contributed by atoms with Crippen molar-refractivity contribution in [2.24, 2.45) is 0 Å². The van der Waals surface area contributed by atoms with Crippen molar-refractivity contribution in [3.8, 4) is 22.8 Å². The summed E-state index contributed by atoms with van der Waals surface area (Å²) in [5, 5.41) is 14.1. The normalized spacial score (nSPS) is 11.0. The molecular weight excluding hydrogens is 482 g/mol. The molecule has 0 spiro atoms. The number of carbonyl (C=O) groups is 1. The van der Waals surface area contributed by atoms with E-state index < -0.39 is 0 Å². The highest BCUT2D eigenvalue weighted by atomic mass is 35.5. The van der Waals surface area contributed by atoms with Crippen molar-refractivity contribution in [1.82, 2.24) is 25.1 Å². The Morgan fingerprint density at radius 3 is 2.63 bits per heavy atom. The zero-order valence-electron chi connectivity index (χ0n) is 18.9. The molecule has 0 fully saturated rings. The molecule has 0 bridgehead atoms. The summed E-state index contributed by atoms with van der Waals surface area (Å²) in [4.78, 5) is 15.9. The molecule has 0 radical (unpaired) electrons. The third kappa shape index (κ3) is 4.89. The van der Waals surface area contributed by atoms with Crippen LogP contribution in [0.2, 0.25) is 5.02 Å². The number of para-hydroxylation sites is 1. The number of ether oxygens (including phenoxy) is 1. The third-order valence-electron chi connectivity index (χ3n) is 5.56. The number of thioether (sulfide) groups is 1. The topological polar surface area (TPSA) is 84.8 Å². The molecule has 0 atom stereocenters. The van der Waals surface area contributed by atoms with Crippen LogP contribution in [-0.2, 0) is 11.3 Å². The van der Waals surface area contributed by atoms with Gasteiger partial charge in [-0.05, 0) is 42.0 Å².